The van der Waals surface area contributed by atoms with Gasteiger partial charge < -0.3 is 11.1 Å². The summed E-state index contributed by atoms with van der Waals surface area (Å²) in [7, 11) is 0. The van der Waals surface area contributed by atoms with E-state index in [1.54, 1.807) is 18.7 Å². The minimum atomic E-state index is -0.415. The fourth-order valence-electron chi connectivity index (χ4n) is 1.06. The van der Waals surface area contributed by atoms with Crippen LogP contribution < -0.4 is 16.4 Å². The Hall–Kier alpha value is -1.68. The molecule has 0 saturated carbocycles. The first-order chi connectivity index (χ1) is 9.09. The Morgan fingerprint density at radius 1 is 1.42 bits per heavy atom. The summed E-state index contributed by atoms with van der Waals surface area (Å²) in [5.41, 5.74) is 5.36. The van der Waals surface area contributed by atoms with Crippen LogP contribution in [0, 0.1) is 12.8 Å². The monoisotopic (exact) mass is 286 g/mol. The molecule has 0 radical (unpaired) electrons. The number of terminal acetylenes is 1. The van der Waals surface area contributed by atoms with Gasteiger partial charge in [-0.2, -0.15) is 11.8 Å². The van der Waals surface area contributed by atoms with Crippen LogP contribution >= 0.6 is 11.8 Å². The summed E-state index contributed by atoms with van der Waals surface area (Å²) in [4.78, 5) is 25.9. The molecular formula is C12H22N4O2S. The van der Waals surface area contributed by atoms with Crippen LogP contribution in [-0.2, 0) is 4.79 Å². The van der Waals surface area contributed by atoms with Gasteiger partial charge in [0.15, 0.2) is 0 Å². The molecule has 3 amide bonds. The first-order valence-corrected chi connectivity index (χ1v) is 7.04. The fraction of sp³-hybridized carbons (Fsp3) is 0.583. The highest BCUT2D eigenvalue weighted by molar-refractivity contribution is 7.99. The molecule has 19 heavy (non-hydrogen) atoms. The summed E-state index contributed by atoms with van der Waals surface area (Å²) in [6, 6.07) is -0.827. The number of imide groups is 1. The number of hydrogen-bond donors (Lipinski definition) is 3. The Balaban J connectivity index is 0. The van der Waals surface area contributed by atoms with Gasteiger partial charge in [0.05, 0.1) is 5.84 Å². The number of carbonyl (C=O) groups is 2. The number of nitrogens with zero attached hydrogens (tertiary/aromatic N) is 1. The van der Waals surface area contributed by atoms with E-state index in [-0.39, 0.29) is 5.91 Å². The van der Waals surface area contributed by atoms with Crippen LogP contribution in [0.5, 0.6) is 0 Å². The number of carbonyl (C=O) groups excluding carboxylic acids is 2. The van der Waals surface area contributed by atoms with Crippen LogP contribution in [0.25, 0.3) is 0 Å². The Kier molecular flexibility index (Phi) is 13.2. The number of aliphatic imine (C=N–C) groups is 1. The zero-order chi connectivity index (χ0) is 15.3. The molecule has 0 aliphatic carbocycles. The maximum atomic E-state index is 11.1. The molecular weight excluding hydrogens is 264 g/mol. The molecule has 1 aliphatic rings. The number of amides is 3. The van der Waals surface area contributed by atoms with Gasteiger partial charge in [-0.1, -0.05) is 13.8 Å². The predicted molar refractivity (Wildman–Crippen MR) is 81.2 cm³/mol. The number of rotatable bonds is 5. The van der Waals surface area contributed by atoms with Crippen molar-refractivity contribution in [2.45, 2.75) is 26.8 Å². The molecule has 108 valence electrons. The van der Waals surface area contributed by atoms with Crippen LogP contribution in [0.15, 0.2) is 4.99 Å². The predicted octanol–water partition coefficient (Wildman–Crippen LogP) is 0.580. The number of thioether (sulfide) groups is 1. The maximum absolute atomic E-state index is 11.1. The molecule has 0 aromatic carbocycles. The Bertz CT molecular complexity index is 325. The van der Waals surface area contributed by atoms with E-state index in [1.807, 2.05) is 13.8 Å². The van der Waals surface area contributed by atoms with Gasteiger partial charge in [-0.25, -0.2) is 4.79 Å². The third-order valence-electron chi connectivity index (χ3n) is 1.74. The summed E-state index contributed by atoms with van der Waals surface area (Å²) < 4.78 is 0. The number of nitrogens with two attached hydrogens (primary N) is 1. The molecule has 0 spiro atoms. The van der Waals surface area contributed by atoms with E-state index in [1.165, 1.54) is 0 Å². The first kappa shape index (κ1) is 19.7. The molecule has 1 unspecified atom stereocenters. The Labute approximate surface area is 119 Å². The highest BCUT2D eigenvalue weighted by atomic mass is 32.2. The van der Waals surface area contributed by atoms with Gasteiger partial charge in [-0.15, -0.1) is 12.8 Å². The molecule has 1 heterocycles. The largest absolute Gasteiger partial charge is 0.388 e. The molecule has 1 saturated heterocycles. The van der Waals surface area contributed by atoms with E-state index in [2.05, 4.69) is 28.5 Å². The Morgan fingerprint density at radius 2 is 2.00 bits per heavy atom. The van der Waals surface area contributed by atoms with Crippen molar-refractivity contribution in [2.24, 2.45) is 10.7 Å². The van der Waals surface area contributed by atoms with Gasteiger partial charge in [0.1, 0.15) is 6.04 Å². The molecule has 4 N–H and O–H groups in total. The van der Waals surface area contributed by atoms with E-state index in [9.17, 15) is 9.59 Å². The average Bonchev–Trinajstić information content (AvgIpc) is 2.72. The van der Waals surface area contributed by atoms with Gasteiger partial charge >= 0.3 is 6.03 Å². The van der Waals surface area contributed by atoms with Crippen LogP contribution in [-0.4, -0.2) is 41.9 Å². The van der Waals surface area contributed by atoms with Crippen molar-refractivity contribution >= 4 is 29.5 Å². The van der Waals surface area contributed by atoms with Crippen molar-refractivity contribution in [2.75, 3.05) is 18.1 Å². The molecule has 6 nitrogen and oxygen atoms in total. The van der Waals surface area contributed by atoms with Gasteiger partial charge in [0, 0.05) is 18.1 Å². The third-order valence-corrected chi connectivity index (χ3v) is 2.78. The standard InChI is InChI=1S/C8H14N4O2S.C2H6.C2H2/c1-5(9)10-2-3-15-4-6-7(13)12-8(14)11-6;2*1-2/h6H,2-4H2,1H3,(H2,9,10)(H2,11,12,13,14);1-2H3;1-2H. The summed E-state index contributed by atoms with van der Waals surface area (Å²) >= 11 is 1.56. The lowest BCUT2D eigenvalue weighted by atomic mass is 10.3. The molecule has 0 bridgehead atoms. The smallest absolute Gasteiger partial charge is 0.322 e. The zero-order valence-corrected chi connectivity index (χ0v) is 12.4. The van der Waals surface area contributed by atoms with Crippen molar-refractivity contribution < 1.29 is 9.59 Å². The zero-order valence-electron chi connectivity index (χ0n) is 11.6. The van der Waals surface area contributed by atoms with Crippen LogP contribution in [0.1, 0.15) is 20.8 Å². The maximum Gasteiger partial charge on any atom is 0.322 e. The summed E-state index contributed by atoms with van der Waals surface area (Å²) in [5.74, 6) is 1.65. The van der Waals surface area contributed by atoms with Crippen molar-refractivity contribution in [1.82, 2.24) is 10.6 Å². The number of nitrogens with one attached hydrogen (secondary N) is 2. The molecule has 1 rings (SSSR count). The summed E-state index contributed by atoms with van der Waals surface area (Å²) in [6.07, 6.45) is 8.00. The third kappa shape index (κ3) is 9.97. The number of amidine groups is 1. The first-order valence-electron chi connectivity index (χ1n) is 5.88. The molecule has 1 atom stereocenters. The van der Waals surface area contributed by atoms with Crippen molar-refractivity contribution in [3.8, 4) is 12.8 Å². The highest BCUT2D eigenvalue weighted by Gasteiger charge is 2.28. The lowest BCUT2D eigenvalue weighted by Gasteiger charge is -2.05. The lowest BCUT2D eigenvalue weighted by molar-refractivity contribution is -0.119. The van der Waals surface area contributed by atoms with Crippen molar-refractivity contribution in [3.05, 3.63) is 0 Å². The van der Waals surface area contributed by atoms with Gasteiger partial charge in [-0.3, -0.25) is 15.1 Å². The van der Waals surface area contributed by atoms with E-state index in [4.69, 9.17) is 5.73 Å². The minimum Gasteiger partial charge on any atom is -0.388 e. The molecule has 1 fully saturated rings. The summed E-state index contributed by atoms with van der Waals surface area (Å²) in [5, 5.41) is 4.70. The minimum absolute atomic E-state index is 0.258. The highest BCUT2D eigenvalue weighted by Crippen LogP contribution is 2.05. The van der Waals surface area contributed by atoms with E-state index in [0.29, 0.717) is 18.1 Å². The normalized spacial score (nSPS) is 17.3. The second-order valence-corrected chi connectivity index (χ2v) is 4.26. The van der Waals surface area contributed by atoms with Crippen LogP contribution in [0.4, 0.5) is 4.79 Å². The van der Waals surface area contributed by atoms with Crippen LogP contribution in [0.2, 0.25) is 0 Å². The topological polar surface area (TPSA) is 96.6 Å². The lowest BCUT2D eigenvalue weighted by Crippen LogP contribution is -2.31. The molecule has 7 heteroatoms. The van der Waals surface area contributed by atoms with Crippen molar-refractivity contribution in [3.63, 3.8) is 0 Å². The molecule has 1 aliphatic heterocycles. The Morgan fingerprint density at radius 3 is 2.42 bits per heavy atom. The van der Waals surface area contributed by atoms with Crippen LogP contribution in [0.3, 0.4) is 0 Å². The van der Waals surface area contributed by atoms with Gasteiger partial charge in [-0.05, 0) is 6.92 Å². The second kappa shape index (κ2) is 12.8. The van der Waals surface area contributed by atoms with Gasteiger partial charge in [0.25, 0.3) is 5.91 Å². The SMILES string of the molecule is C#C.CC.CC(N)=NCCSCC1NC(=O)NC1=O. The van der Waals surface area contributed by atoms with E-state index >= 15 is 0 Å². The van der Waals surface area contributed by atoms with E-state index in [0.717, 1.165) is 5.75 Å². The number of hydrogen-bond acceptors (Lipinski definition) is 4. The van der Waals surface area contributed by atoms with Crippen molar-refractivity contribution in [1.29, 1.82) is 0 Å². The second-order valence-electron chi connectivity index (χ2n) is 3.11. The summed E-state index contributed by atoms with van der Waals surface area (Å²) in [6.45, 7) is 6.37. The average molecular weight is 286 g/mol. The van der Waals surface area contributed by atoms with Gasteiger partial charge in [0.2, 0.25) is 0 Å². The molecule has 0 aromatic heterocycles. The quantitative estimate of drug-likeness (QED) is 0.226. The fourth-order valence-corrected chi connectivity index (χ4v) is 1.92. The number of urea groups is 1. The molecule has 0 aromatic rings. The van der Waals surface area contributed by atoms with E-state index < -0.39 is 12.1 Å².